The van der Waals surface area contributed by atoms with Crippen molar-refractivity contribution < 1.29 is 14.7 Å². The minimum Gasteiger partial charge on any atom is -0.482 e. The molecule has 7 heteroatoms. The molecule has 0 saturated carbocycles. The highest BCUT2D eigenvalue weighted by molar-refractivity contribution is 7.18. The molecule has 0 spiro atoms. The van der Waals surface area contributed by atoms with Gasteiger partial charge in [-0.3, -0.25) is 10.0 Å². The van der Waals surface area contributed by atoms with Gasteiger partial charge in [0.1, 0.15) is 10.8 Å². The van der Waals surface area contributed by atoms with Gasteiger partial charge in [-0.1, -0.05) is 53.5 Å². The normalized spacial score (nSPS) is 10.7. The maximum absolute atomic E-state index is 11.1. The van der Waals surface area contributed by atoms with E-state index < -0.39 is 5.91 Å². The molecule has 0 aliphatic carbocycles. The van der Waals surface area contributed by atoms with E-state index in [1.807, 2.05) is 35.7 Å². The Labute approximate surface area is 146 Å². The lowest BCUT2D eigenvalue weighted by atomic mass is 10.0. The van der Waals surface area contributed by atoms with Crippen LogP contribution in [0.15, 0.2) is 41.8 Å². The third-order valence-corrected chi connectivity index (χ3v) is 5.26. The number of benzene rings is 2. The molecule has 3 rings (SSSR count). The summed E-state index contributed by atoms with van der Waals surface area (Å²) in [6.45, 7) is -0.358. The molecule has 1 heterocycles. The fourth-order valence-corrected chi connectivity index (χ4v) is 3.79. The van der Waals surface area contributed by atoms with Crippen LogP contribution in [-0.4, -0.2) is 17.7 Å². The third kappa shape index (κ3) is 3.14. The van der Waals surface area contributed by atoms with E-state index in [2.05, 4.69) is 0 Å². The van der Waals surface area contributed by atoms with Gasteiger partial charge in [0.05, 0.1) is 9.72 Å². The number of hydroxylamine groups is 1. The predicted molar refractivity (Wildman–Crippen MR) is 92.7 cm³/mol. The van der Waals surface area contributed by atoms with E-state index in [4.69, 9.17) is 33.1 Å². The number of thiophene rings is 1. The first-order valence-corrected chi connectivity index (χ1v) is 8.25. The van der Waals surface area contributed by atoms with Crippen molar-refractivity contribution in [3.05, 3.63) is 51.8 Å². The van der Waals surface area contributed by atoms with Crippen LogP contribution in [-0.2, 0) is 4.79 Å². The van der Waals surface area contributed by atoms with Gasteiger partial charge in [-0.15, -0.1) is 11.3 Å². The standard InChI is InChI=1S/C16H11Cl2NO3S/c17-14-12(22-7-13(20)19-21)6-10-11(8-23-16(10)15(14)18)9-4-2-1-3-5-9/h1-6,8,21H,7H2,(H,19,20). The monoisotopic (exact) mass is 367 g/mol. The van der Waals surface area contributed by atoms with Crippen molar-refractivity contribution in [3.8, 4) is 16.9 Å². The minimum atomic E-state index is -0.675. The molecule has 1 amide bonds. The van der Waals surface area contributed by atoms with Gasteiger partial charge in [0.25, 0.3) is 5.91 Å². The van der Waals surface area contributed by atoms with Crippen LogP contribution in [0.5, 0.6) is 5.75 Å². The van der Waals surface area contributed by atoms with Gasteiger partial charge in [0, 0.05) is 10.9 Å². The second-order valence-corrected chi connectivity index (χ2v) is 6.35. The highest BCUT2D eigenvalue weighted by Gasteiger charge is 2.17. The number of rotatable bonds is 4. The largest absolute Gasteiger partial charge is 0.482 e. The quantitative estimate of drug-likeness (QED) is 0.516. The Morgan fingerprint density at radius 1 is 1.22 bits per heavy atom. The lowest BCUT2D eigenvalue weighted by molar-refractivity contribution is -0.131. The Hall–Kier alpha value is -1.79. The van der Waals surface area contributed by atoms with E-state index >= 15 is 0 Å². The first kappa shape index (κ1) is 16.1. The number of fused-ring (bicyclic) bond motifs is 1. The average molecular weight is 368 g/mol. The molecule has 0 bridgehead atoms. The molecular weight excluding hydrogens is 357 g/mol. The summed E-state index contributed by atoms with van der Waals surface area (Å²) in [5.41, 5.74) is 3.57. The number of hydrogen-bond acceptors (Lipinski definition) is 4. The molecule has 23 heavy (non-hydrogen) atoms. The molecule has 0 aliphatic heterocycles. The first-order valence-electron chi connectivity index (χ1n) is 6.62. The summed E-state index contributed by atoms with van der Waals surface area (Å²) in [5, 5.41) is 12.1. The highest BCUT2D eigenvalue weighted by atomic mass is 35.5. The molecule has 4 nitrogen and oxygen atoms in total. The van der Waals surface area contributed by atoms with Crippen molar-refractivity contribution in [3.63, 3.8) is 0 Å². The Kier molecular flexibility index (Phi) is 4.73. The van der Waals surface area contributed by atoms with Gasteiger partial charge in [-0.25, -0.2) is 5.48 Å². The van der Waals surface area contributed by atoms with Crippen LogP contribution in [0.1, 0.15) is 0 Å². The van der Waals surface area contributed by atoms with Crippen LogP contribution >= 0.6 is 34.5 Å². The molecule has 118 valence electrons. The number of halogens is 2. The van der Waals surface area contributed by atoms with E-state index in [9.17, 15) is 4.79 Å². The molecule has 0 atom stereocenters. The van der Waals surface area contributed by atoms with Crippen molar-refractivity contribution in [2.45, 2.75) is 0 Å². The fourth-order valence-electron chi connectivity index (χ4n) is 2.20. The Balaban J connectivity index is 2.09. The molecular formula is C16H11Cl2NO3S. The topological polar surface area (TPSA) is 58.6 Å². The molecule has 2 aromatic carbocycles. The highest BCUT2D eigenvalue weighted by Crippen LogP contribution is 2.45. The zero-order chi connectivity index (χ0) is 16.4. The summed E-state index contributed by atoms with van der Waals surface area (Å²) in [6, 6.07) is 11.6. The van der Waals surface area contributed by atoms with Gasteiger partial charge in [-0.05, 0) is 17.0 Å². The maximum atomic E-state index is 11.1. The molecule has 0 unspecified atom stereocenters. The molecule has 0 radical (unpaired) electrons. The SMILES string of the molecule is O=C(COc1cc2c(-c3ccccc3)csc2c(Cl)c1Cl)NO. The molecule has 1 aromatic heterocycles. The van der Waals surface area contributed by atoms with Crippen molar-refractivity contribution >= 4 is 50.5 Å². The number of ether oxygens (including phenoxy) is 1. The van der Waals surface area contributed by atoms with Crippen LogP contribution < -0.4 is 10.2 Å². The number of hydrogen-bond donors (Lipinski definition) is 2. The Morgan fingerprint density at radius 3 is 2.65 bits per heavy atom. The number of carbonyl (C=O) groups excluding carboxylic acids is 1. The lowest BCUT2D eigenvalue weighted by Crippen LogP contribution is -2.25. The van der Waals surface area contributed by atoms with Crippen LogP contribution in [0.25, 0.3) is 21.2 Å². The van der Waals surface area contributed by atoms with Crippen molar-refractivity contribution in [2.24, 2.45) is 0 Å². The van der Waals surface area contributed by atoms with Gasteiger partial charge in [-0.2, -0.15) is 0 Å². The van der Waals surface area contributed by atoms with Gasteiger partial charge >= 0.3 is 0 Å². The zero-order valence-electron chi connectivity index (χ0n) is 11.7. The average Bonchev–Trinajstić information content (AvgIpc) is 3.01. The van der Waals surface area contributed by atoms with E-state index in [1.54, 1.807) is 6.07 Å². The summed E-state index contributed by atoms with van der Waals surface area (Å²) in [4.78, 5) is 11.1. The Bertz CT molecular complexity index is 865. The van der Waals surface area contributed by atoms with Gasteiger partial charge in [0.2, 0.25) is 0 Å². The minimum absolute atomic E-state index is 0.242. The summed E-state index contributed by atoms with van der Waals surface area (Å²) in [7, 11) is 0. The first-order chi connectivity index (χ1) is 11.1. The van der Waals surface area contributed by atoms with E-state index in [0.717, 1.165) is 21.2 Å². The van der Waals surface area contributed by atoms with Crippen LogP contribution in [0.4, 0.5) is 0 Å². The number of nitrogens with one attached hydrogen (secondary N) is 1. The number of carbonyl (C=O) groups is 1. The van der Waals surface area contributed by atoms with Gasteiger partial charge < -0.3 is 4.74 Å². The van der Waals surface area contributed by atoms with Crippen LogP contribution in [0.2, 0.25) is 10.0 Å². The third-order valence-electron chi connectivity index (χ3n) is 3.28. The van der Waals surface area contributed by atoms with E-state index in [0.29, 0.717) is 10.8 Å². The molecule has 3 aromatic rings. The van der Waals surface area contributed by atoms with Crippen molar-refractivity contribution in [2.75, 3.05) is 6.61 Å². The summed E-state index contributed by atoms with van der Waals surface area (Å²) in [5.74, 6) is -0.380. The summed E-state index contributed by atoms with van der Waals surface area (Å²) >= 11 is 14.0. The lowest BCUT2D eigenvalue weighted by Gasteiger charge is -2.10. The van der Waals surface area contributed by atoms with Crippen molar-refractivity contribution in [1.82, 2.24) is 5.48 Å². The van der Waals surface area contributed by atoms with Gasteiger partial charge in [0.15, 0.2) is 6.61 Å². The van der Waals surface area contributed by atoms with Crippen LogP contribution in [0.3, 0.4) is 0 Å². The van der Waals surface area contributed by atoms with E-state index in [-0.39, 0.29) is 11.6 Å². The molecule has 0 saturated heterocycles. The zero-order valence-corrected chi connectivity index (χ0v) is 14.0. The van der Waals surface area contributed by atoms with E-state index in [1.165, 1.54) is 16.8 Å². The molecule has 0 aliphatic rings. The second kappa shape index (κ2) is 6.76. The van der Waals surface area contributed by atoms with Crippen molar-refractivity contribution in [1.29, 1.82) is 0 Å². The summed E-state index contributed by atoms with van der Waals surface area (Å²) < 4.78 is 6.21. The fraction of sp³-hybridized carbons (Fsp3) is 0.0625. The molecule has 2 N–H and O–H groups in total. The molecule has 0 fully saturated rings. The summed E-state index contributed by atoms with van der Waals surface area (Å²) in [6.07, 6.45) is 0. The number of amides is 1. The maximum Gasteiger partial charge on any atom is 0.281 e. The van der Waals surface area contributed by atoms with Crippen LogP contribution in [0, 0.1) is 0 Å². The smallest absolute Gasteiger partial charge is 0.281 e. The Morgan fingerprint density at radius 2 is 1.96 bits per heavy atom. The second-order valence-electron chi connectivity index (χ2n) is 4.72. The predicted octanol–water partition coefficient (Wildman–Crippen LogP) is 4.76.